The standard InChI is InChI=1S/C19H27NO4/c1-22-16-8-13(9-17(23-2)19(16)24-3)11-20-18(21)10-15-7-12-4-5-14(15)6-12/h8-9,12,14-15H,4-7,10-11H2,1-3H3,(H,20,21)/t12-,14-,15+/m1/s1. The van der Waals surface area contributed by atoms with E-state index in [1.807, 2.05) is 12.1 Å². The van der Waals surface area contributed by atoms with Crippen molar-refractivity contribution in [3.05, 3.63) is 17.7 Å². The van der Waals surface area contributed by atoms with Gasteiger partial charge in [-0.3, -0.25) is 4.79 Å². The lowest BCUT2D eigenvalue weighted by molar-refractivity contribution is -0.122. The molecular formula is C19H27NO4. The summed E-state index contributed by atoms with van der Waals surface area (Å²) in [5.41, 5.74) is 0.936. The highest BCUT2D eigenvalue weighted by Crippen LogP contribution is 2.49. The summed E-state index contributed by atoms with van der Waals surface area (Å²) in [6, 6.07) is 3.75. The molecule has 5 nitrogen and oxygen atoms in total. The SMILES string of the molecule is COc1cc(CNC(=O)C[C@@H]2C[C@@H]3CC[C@@H]2C3)cc(OC)c1OC. The van der Waals surface area contributed by atoms with Gasteiger partial charge >= 0.3 is 0 Å². The Balaban J connectivity index is 1.58. The summed E-state index contributed by atoms with van der Waals surface area (Å²) in [6.45, 7) is 0.469. The van der Waals surface area contributed by atoms with Crippen LogP contribution in [0, 0.1) is 17.8 Å². The molecule has 1 amide bonds. The maximum atomic E-state index is 12.3. The molecule has 2 aliphatic rings. The van der Waals surface area contributed by atoms with Crippen LogP contribution in [0.4, 0.5) is 0 Å². The average molecular weight is 333 g/mol. The third-order valence-corrected chi connectivity index (χ3v) is 5.55. The van der Waals surface area contributed by atoms with E-state index in [0.717, 1.165) is 17.4 Å². The zero-order valence-electron chi connectivity index (χ0n) is 14.8. The molecule has 2 saturated carbocycles. The second-order valence-corrected chi connectivity index (χ2v) is 6.95. The van der Waals surface area contributed by atoms with Crippen molar-refractivity contribution in [2.24, 2.45) is 17.8 Å². The number of rotatable bonds is 7. The summed E-state index contributed by atoms with van der Waals surface area (Å²) in [6.07, 6.45) is 5.92. The van der Waals surface area contributed by atoms with Crippen LogP contribution in [0.3, 0.4) is 0 Å². The second kappa shape index (κ2) is 7.32. The first-order valence-electron chi connectivity index (χ1n) is 8.70. The van der Waals surface area contributed by atoms with Crippen LogP contribution in [0.5, 0.6) is 17.2 Å². The third-order valence-electron chi connectivity index (χ3n) is 5.55. The van der Waals surface area contributed by atoms with Crippen molar-refractivity contribution in [3.63, 3.8) is 0 Å². The molecule has 1 aromatic carbocycles. The Kier molecular flexibility index (Phi) is 5.17. The molecular weight excluding hydrogens is 306 g/mol. The van der Waals surface area contributed by atoms with Crippen molar-refractivity contribution in [3.8, 4) is 17.2 Å². The van der Waals surface area contributed by atoms with Gasteiger partial charge in [-0.1, -0.05) is 6.42 Å². The van der Waals surface area contributed by atoms with Gasteiger partial charge in [0, 0.05) is 13.0 Å². The summed E-state index contributed by atoms with van der Waals surface area (Å²) < 4.78 is 16.0. The van der Waals surface area contributed by atoms with Gasteiger partial charge in [0.05, 0.1) is 21.3 Å². The van der Waals surface area contributed by atoms with E-state index in [1.165, 1.54) is 25.7 Å². The Hall–Kier alpha value is -1.91. The predicted molar refractivity (Wildman–Crippen MR) is 91.5 cm³/mol. The molecule has 24 heavy (non-hydrogen) atoms. The van der Waals surface area contributed by atoms with Crippen LogP contribution in [0.25, 0.3) is 0 Å². The zero-order valence-corrected chi connectivity index (χ0v) is 14.8. The number of amides is 1. The molecule has 0 unspecified atom stereocenters. The summed E-state index contributed by atoms with van der Waals surface area (Å²) in [4.78, 5) is 12.3. The van der Waals surface area contributed by atoms with E-state index < -0.39 is 0 Å². The van der Waals surface area contributed by atoms with Gasteiger partial charge in [0.1, 0.15) is 0 Å². The average Bonchev–Trinajstić information content (AvgIpc) is 3.21. The van der Waals surface area contributed by atoms with Crippen molar-refractivity contribution in [2.75, 3.05) is 21.3 Å². The molecule has 5 heteroatoms. The Labute approximate surface area is 143 Å². The Morgan fingerprint density at radius 1 is 1.08 bits per heavy atom. The van der Waals surface area contributed by atoms with Gasteiger partial charge in [0.2, 0.25) is 11.7 Å². The number of hydrogen-bond acceptors (Lipinski definition) is 4. The topological polar surface area (TPSA) is 56.8 Å². The lowest BCUT2D eigenvalue weighted by atomic mass is 9.86. The van der Waals surface area contributed by atoms with E-state index in [4.69, 9.17) is 14.2 Å². The molecule has 0 heterocycles. The monoisotopic (exact) mass is 333 g/mol. The number of ether oxygens (including phenoxy) is 3. The number of carbonyl (C=O) groups is 1. The normalized spacial score (nSPS) is 24.7. The van der Waals surface area contributed by atoms with E-state index in [0.29, 0.717) is 36.1 Å². The minimum Gasteiger partial charge on any atom is -0.493 e. The van der Waals surface area contributed by atoms with Gasteiger partial charge in [0.25, 0.3) is 0 Å². The first-order valence-corrected chi connectivity index (χ1v) is 8.70. The molecule has 132 valence electrons. The highest BCUT2D eigenvalue weighted by atomic mass is 16.5. The Morgan fingerprint density at radius 3 is 2.29 bits per heavy atom. The van der Waals surface area contributed by atoms with E-state index in [1.54, 1.807) is 21.3 Å². The molecule has 2 bridgehead atoms. The molecule has 2 aliphatic carbocycles. The second-order valence-electron chi connectivity index (χ2n) is 6.95. The molecule has 0 radical (unpaired) electrons. The fourth-order valence-corrected chi connectivity index (χ4v) is 4.37. The van der Waals surface area contributed by atoms with Gasteiger partial charge in [-0.25, -0.2) is 0 Å². The number of fused-ring (bicyclic) bond motifs is 2. The fourth-order valence-electron chi connectivity index (χ4n) is 4.37. The molecule has 3 rings (SSSR count). The largest absolute Gasteiger partial charge is 0.493 e. The zero-order chi connectivity index (χ0) is 17.1. The van der Waals surface area contributed by atoms with Crippen LogP contribution in [-0.4, -0.2) is 27.2 Å². The Bertz CT molecular complexity index is 576. The first-order chi connectivity index (χ1) is 11.6. The minimum atomic E-state index is 0.140. The smallest absolute Gasteiger partial charge is 0.220 e. The number of methoxy groups -OCH3 is 3. The van der Waals surface area contributed by atoms with Gasteiger partial charge in [-0.15, -0.1) is 0 Å². The van der Waals surface area contributed by atoms with Crippen LogP contribution in [0.1, 0.15) is 37.7 Å². The summed E-state index contributed by atoms with van der Waals surface area (Å²) >= 11 is 0. The van der Waals surface area contributed by atoms with Crippen molar-refractivity contribution in [2.45, 2.75) is 38.6 Å². The molecule has 1 N–H and O–H groups in total. The lowest BCUT2D eigenvalue weighted by Crippen LogP contribution is -2.27. The van der Waals surface area contributed by atoms with Crippen LogP contribution in [0.2, 0.25) is 0 Å². The molecule has 2 fully saturated rings. The summed E-state index contributed by atoms with van der Waals surface area (Å²) in [5.74, 6) is 4.16. The first kappa shape index (κ1) is 16.9. The van der Waals surface area contributed by atoms with Crippen LogP contribution >= 0.6 is 0 Å². The van der Waals surface area contributed by atoms with E-state index in [2.05, 4.69) is 5.32 Å². The van der Waals surface area contributed by atoms with Crippen LogP contribution < -0.4 is 19.5 Å². The van der Waals surface area contributed by atoms with E-state index in [9.17, 15) is 4.79 Å². The number of benzene rings is 1. The number of nitrogens with one attached hydrogen (secondary N) is 1. The summed E-state index contributed by atoms with van der Waals surface area (Å²) in [5, 5.41) is 3.03. The van der Waals surface area contributed by atoms with Gasteiger partial charge in [-0.2, -0.15) is 0 Å². The highest BCUT2D eigenvalue weighted by Gasteiger charge is 2.40. The van der Waals surface area contributed by atoms with Crippen LogP contribution in [-0.2, 0) is 11.3 Å². The lowest BCUT2D eigenvalue weighted by Gasteiger charge is -2.21. The van der Waals surface area contributed by atoms with E-state index in [-0.39, 0.29) is 5.91 Å². The molecule has 0 spiro atoms. The van der Waals surface area contributed by atoms with Crippen molar-refractivity contribution in [1.82, 2.24) is 5.32 Å². The van der Waals surface area contributed by atoms with Gasteiger partial charge < -0.3 is 19.5 Å². The molecule has 0 aliphatic heterocycles. The molecule has 0 saturated heterocycles. The van der Waals surface area contributed by atoms with Crippen molar-refractivity contribution in [1.29, 1.82) is 0 Å². The predicted octanol–water partition coefficient (Wildman–Crippen LogP) is 3.15. The Morgan fingerprint density at radius 2 is 1.79 bits per heavy atom. The molecule has 1 aromatic rings. The van der Waals surface area contributed by atoms with Crippen molar-refractivity contribution >= 4 is 5.91 Å². The number of hydrogen-bond donors (Lipinski definition) is 1. The molecule has 0 aromatic heterocycles. The van der Waals surface area contributed by atoms with Crippen molar-refractivity contribution < 1.29 is 19.0 Å². The summed E-state index contributed by atoms with van der Waals surface area (Å²) in [7, 11) is 4.76. The van der Waals surface area contributed by atoms with E-state index >= 15 is 0 Å². The third kappa shape index (κ3) is 3.45. The quantitative estimate of drug-likeness (QED) is 0.833. The highest BCUT2D eigenvalue weighted by molar-refractivity contribution is 5.76. The maximum Gasteiger partial charge on any atom is 0.220 e. The van der Waals surface area contributed by atoms with Gasteiger partial charge in [0.15, 0.2) is 11.5 Å². The fraction of sp³-hybridized carbons (Fsp3) is 0.632. The molecule has 3 atom stereocenters. The van der Waals surface area contributed by atoms with Gasteiger partial charge in [-0.05, 0) is 54.7 Å². The van der Waals surface area contributed by atoms with Crippen LogP contribution in [0.15, 0.2) is 12.1 Å². The minimum absolute atomic E-state index is 0.140. The maximum absolute atomic E-state index is 12.3. The number of carbonyl (C=O) groups excluding carboxylic acids is 1.